The van der Waals surface area contributed by atoms with Gasteiger partial charge in [0.1, 0.15) is 11.3 Å². The maximum absolute atomic E-state index is 14.6. The molecule has 0 aliphatic heterocycles. The van der Waals surface area contributed by atoms with Gasteiger partial charge in [0, 0.05) is 30.1 Å². The van der Waals surface area contributed by atoms with Crippen molar-refractivity contribution >= 4 is 11.2 Å². The van der Waals surface area contributed by atoms with Crippen molar-refractivity contribution in [2.24, 2.45) is 0 Å². The fourth-order valence-electron chi connectivity index (χ4n) is 5.88. The van der Waals surface area contributed by atoms with Gasteiger partial charge in [-0.2, -0.15) is 0 Å². The second-order valence-electron chi connectivity index (χ2n) is 10.4. The quantitative estimate of drug-likeness (QED) is 0.364. The van der Waals surface area contributed by atoms with Gasteiger partial charge in [0.2, 0.25) is 0 Å². The molecule has 0 spiro atoms. The van der Waals surface area contributed by atoms with E-state index in [0.717, 1.165) is 77.8 Å². The average molecular weight is 484 g/mol. The summed E-state index contributed by atoms with van der Waals surface area (Å²) in [6, 6.07) is 7.24. The first-order valence-corrected chi connectivity index (χ1v) is 12.9. The first-order valence-electron chi connectivity index (χ1n) is 12.9. The van der Waals surface area contributed by atoms with Crippen LogP contribution in [0, 0.1) is 19.7 Å². The Morgan fingerprint density at radius 3 is 2.42 bits per heavy atom. The monoisotopic (exact) mass is 483 g/mol. The second-order valence-corrected chi connectivity index (χ2v) is 10.4. The molecular formula is C29H30FN5O. The molecule has 184 valence electrons. The molecule has 3 heterocycles. The van der Waals surface area contributed by atoms with Crippen LogP contribution in [0.5, 0.6) is 0 Å². The lowest BCUT2D eigenvalue weighted by molar-refractivity contribution is 0.384. The van der Waals surface area contributed by atoms with Crippen molar-refractivity contribution in [2.75, 3.05) is 0 Å². The predicted molar refractivity (Wildman–Crippen MR) is 137 cm³/mol. The van der Waals surface area contributed by atoms with Gasteiger partial charge in [0.05, 0.1) is 23.6 Å². The number of pyridine rings is 1. The third-order valence-electron chi connectivity index (χ3n) is 7.87. The normalized spacial score (nSPS) is 20.1. The lowest BCUT2D eigenvalue weighted by Gasteiger charge is -2.30. The summed E-state index contributed by atoms with van der Waals surface area (Å²) in [6.07, 6.45) is 10.8. The van der Waals surface area contributed by atoms with Crippen molar-refractivity contribution in [3.8, 4) is 0 Å². The minimum absolute atomic E-state index is 0.0275. The van der Waals surface area contributed by atoms with Crippen LogP contribution in [0.25, 0.3) is 11.2 Å². The van der Waals surface area contributed by atoms with Gasteiger partial charge < -0.3 is 0 Å². The van der Waals surface area contributed by atoms with Crippen LogP contribution in [-0.2, 0) is 6.54 Å². The molecular weight excluding hydrogens is 453 g/mol. The van der Waals surface area contributed by atoms with Crippen LogP contribution in [0.3, 0.4) is 0 Å². The Balaban J connectivity index is 1.36. The van der Waals surface area contributed by atoms with Gasteiger partial charge in [0.15, 0.2) is 5.65 Å². The van der Waals surface area contributed by atoms with Crippen molar-refractivity contribution in [2.45, 2.75) is 76.7 Å². The zero-order chi connectivity index (χ0) is 24.8. The maximum Gasteiger partial charge on any atom is 0.256 e. The summed E-state index contributed by atoms with van der Waals surface area (Å²) < 4.78 is 16.3. The number of rotatable bonds is 5. The molecule has 6 rings (SSSR count). The van der Waals surface area contributed by atoms with E-state index in [1.807, 2.05) is 26.0 Å². The molecule has 2 fully saturated rings. The highest BCUT2D eigenvalue weighted by atomic mass is 19.1. The molecule has 0 bridgehead atoms. The third-order valence-corrected chi connectivity index (χ3v) is 7.87. The first-order chi connectivity index (χ1) is 17.5. The Morgan fingerprint density at radius 2 is 1.67 bits per heavy atom. The largest absolute Gasteiger partial charge is 0.285 e. The number of hydrogen-bond donors (Lipinski definition) is 0. The number of halogens is 1. The van der Waals surface area contributed by atoms with E-state index in [-0.39, 0.29) is 23.2 Å². The molecule has 0 N–H and O–H groups in total. The van der Waals surface area contributed by atoms with Crippen molar-refractivity contribution in [1.82, 2.24) is 24.5 Å². The number of benzene rings is 1. The average Bonchev–Trinajstić information content (AvgIpc) is 3.72. The Kier molecular flexibility index (Phi) is 5.86. The van der Waals surface area contributed by atoms with Crippen molar-refractivity contribution in [3.63, 3.8) is 0 Å². The summed E-state index contributed by atoms with van der Waals surface area (Å²) in [6.45, 7) is 4.21. The maximum atomic E-state index is 14.6. The van der Waals surface area contributed by atoms with Gasteiger partial charge in [-0.3, -0.25) is 24.3 Å². The molecule has 0 saturated heterocycles. The summed E-state index contributed by atoms with van der Waals surface area (Å²) in [7, 11) is 0. The number of nitrogens with zero attached hydrogens (tertiary/aromatic N) is 5. The van der Waals surface area contributed by atoms with Crippen LogP contribution < -0.4 is 5.56 Å². The van der Waals surface area contributed by atoms with E-state index in [1.165, 1.54) is 0 Å². The Morgan fingerprint density at radius 1 is 0.944 bits per heavy atom. The molecule has 7 heteroatoms. The molecule has 1 aromatic carbocycles. The van der Waals surface area contributed by atoms with Crippen LogP contribution >= 0.6 is 0 Å². The van der Waals surface area contributed by atoms with Gasteiger partial charge in [-0.05, 0) is 87.5 Å². The smallest absolute Gasteiger partial charge is 0.256 e. The summed E-state index contributed by atoms with van der Waals surface area (Å²) in [5, 5.41) is 0. The van der Waals surface area contributed by atoms with E-state index in [2.05, 4.69) is 15.0 Å². The molecule has 4 aromatic rings. The predicted octanol–water partition coefficient (Wildman–Crippen LogP) is 5.70. The van der Waals surface area contributed by atoms with E-state index in [9.17, 15) is 9.18 Å². The van der Waals surface area contributed by atoms with E-state index in [0.29, 0.717) is 18.1 Å². The summed E-state index contributed by atoms with van der Waals surface area (Å²) in [5.74, 6) is 0.619. The summed E-state index contributed by atoms with van der Waals surface area (Å²) in [4.78, 5) is 32.4. The highest BCUT2D eigenvalue weighted by molar-refractivity contribution is 5.71. The van der Waals surface area contributed by atoms with E-state index in [4.69, 9.17) is 4.98 Å². The fourth-order valence-corrected chi connectivity index (χ4v) is 5.88. The number of hydrogen-bond acceptors (Lipinski definition) is 5. The topological polar surface area (TPSA) is 73.6 Å². The molecule has 6 nitrogen and oxygen atoms in total. The van der Waals surface area contributed by atoms with Gasteiger partial charge in [-0.1, -0.05) is 12.1 Å². The Labute approximate surface area is 209 Å². The standard InChI is InChI=1S/C29H30FN5O/c1-17-4-3-5-23(30)26(17)20-8-6-19(7-9-20)22-14-24-28(34-18(2)15-33-24)35(29(22)36)16-25-27(21-10-11-21)32-13-12-31-25/h3-5,12-15,19-21H,6-11,16H2,1-2H3. The summed E-state index contributed by atoms with van der Waals surface area (Å²) in [5.41, 5.74) is 6.50. The van der Waals surface area contributed by atoms with E-state index < -0.39 is 0 Å². The van der Waals surface area contributed by atoms with Crippen LogP contribution in [-0.4, -0.2) is 24.5 Å². The molecule has 0 unspecified atom stereocenters. The van der Waals surface area contributed by atoms with Crippen molar-refractivity contribution in [3.05, 3.63) is 92.8 Å². The van der Waals surface area contributed by atoms with Crippen LogP contribution in [0.15, 0.2) is 47.7 Å². The van der Waals surface area contributed by atoms with E-state index >= 15 is 0 Å². The molecule has 2 saturated carbocycles. The molecule has 0 radical (unpaired) electrons. The molecule has 0 amide bonds. The zero-order valence-electron chi connectivity index (χ0n) is 20.7. The number of aryl methyl sites for hydroxylation is 2. The summed E-state index contributed by atoms with van der Waals surface area (Å²) >= 11 is 0. The minimum Gasteiger partial charge on any atom is -0.285 e. The molecule has 0 atom stereocenters. The van der Waals surface area contributed by atoms with Gasteiger partial charge in [-0.25, -0.2) is 9.37 Å². The van der Waals surface area contributed by atoms with Gasteiger partial charge in [-0.15, -0.1) is 0 Å². The van der Waals surface area contributed by atoms with Gasteiger partial charge >= 0.3 is 0 Å². The zero-order valence-corrected chi connectivity index (χ0v) is 20.7. The van der Waals surface area contributed by atoms with Crippen LogP contribution in [0.1, 0.15) is 90.1 Å². The second kappa shape index (κ2) is 9.19. The molecule has 2 aliphatic rings. The Hall–Kier alpha value is -3.48. The third kappa shape index (κ3) is 4.21. The van der Waals surface area contributed by atoms with Crippen molar-refractivity contribution in [1.29, 1.82) is 0 Å². The molecule has 36 heavy (non-hydrogen) atoms. The number of aromatic nitrogens is 5. The Bertz CT molecular complexity index is 1480. The van der Waals surface area contributed by atoms with Gasteiger partial charge in [0.25, 0.3) is 5.56 Å². The fraction of sp³-hybridized carbons (Fsp3) is 0.414. The van der Waals surface area contributed by atoms with Crippen LogP contribution in [0.4, 0.5) is 4.39 Å². The van der Waals surface area contributed by atoms with E-state index in [1.54, 1.807) is 35.3 Å². The SMILES string of the molecule is Cc1cnc2cc(C3CCC(c4c(C)cccc4F)CC3)c(=O)n(Cc3nccnc3C3CC3)c2n1. The van der Waals surface area contributed by atoms with Crippen molar-refractivity contribution < 1.29 is 4.39 Å². The number of fused-ring (bicyclic) bond motifs is 1. The highest BCUT2D eigenvalue weighted by Crippen LogP contribution is 2.42. The molecule has 2 aliphatic carbocycles. The van der Waals surface area contributed by atoms with Crippen LogP contribution in [0.2, 0.25) is 0 Å². The molecule has 3 aromatic heterocycles. The highest BCUT2D eigenvalue weighted by Gasteiger charge is 2.30. The first kappa shape index (κ1) is 23.0. The minimum atomic E-state index is -0.118. The lowest BCUT2D eigenvalue weighted by atomic mass is 9.75. The lowest BCUT2D eigenvalue weighted by Crippen LogP contribution is -2.29.